The largest absolute Gasteiger partial charge is 0.337 e. The molecule has 5 nitrogen and oxygen atoms in total. The van der Waals surface area contributed by atoms with Crippen molar-refractivity contribution in [3.05, 3.63) is 84.2 Å². The van der Waals surface area contributed by atoms with Gasteiger partial charge in [-0.25, -0.2) is 4.68 Å². The SMILES string of the molecule is CN(C(=O)c1cccc(-n2cccn2)c1)[C@H]1CCCN(CCCc2ccccc2)C1. The van der Waals surface area contributed by atoms with Gasteiger partial charge >= 0.3 is 0 Å². The monoisotopic (exact) mass is 402 g/mol. The van der Waals surface area contributed by atoms with E-state index in [-0.39, 0.29) is 11.9 Å². The summed E-state index contributed by atoms with van der Waals surface area (Å²) in [6, 6.07) is 20.5. The number of likely N-dealkylation sites (N-methyl/N-ethyl adjacent to an activating group) is 1. The first-order valence-corrected chi connectivity index (χ1v) is 10.8. The minimum Gasteiger partial charge on any atom is -0.337 e. The van der Waals surface area contributed by atoms with Crippen LogP contribution < -0.4 is 0 Å². The van der Waals surface area contributed by atoms with E-state index in [2.05, 4.69) is 40.3 Å². The topological polar surface area (TPSA) is 41.4 Å². The summed E-state index contributed by atoms with van der Waals surface area (Å²) in [5.41, 5.74) is 3.02. The number of piperidine rings is 1. The average molecular weight is 403 g/mol. The van der Waals surface area contributed by atoms with Gasteiger partial charge < -0.3 is 9.80 Å². The molecule has 1 fully saturated rings. The third-order valence-corrected chi connectivity index (χ3v) is 5.99. The molecule has 156 valence electrons. The van der Waals surface area contributed by atoms with E-state index in [1.807, 2.05) is 48.5 Å². The second-order valence-electron chi connectivity index (χ2n) is 8.10. The maximum absolute atomic E-state index is 13.1. The van der Waals surface area contributed by atoms with Crippen LogP contribution in [0.5, 0.6) is 0 Å². The van der Waals surface area contributed by atoms with Gasteiger partial charge in [-0.2, -0.15) is 5.10 Å². The van der Waals surface area contributed by atoms with Gasteiger partial charge in [-0.3, -0.25) is 4.79 Å². The molecule has 1 aliphatic heterocycles. The fraction of sp³-hybridized carbons (Fsp3) is 0.360. The Bertz CT molecular complexity index is 939. The maximum atomic E-state index is 13.1. The summed E-state index contributed by atoms with van der Waals surface area (Å²) in [4.78, 5) is 17.6. The molecule has 0 saturated carbocycles. The number of benzene rings is 2. The summed E-state index contributed by atoms with van der Waals surface area (Å²) in [6.07, 6.45) is 8.10. The van der Waals surface area contributed by atoms with E-state index in [0.29, 0.717) is 5.56 Å². The quantitative estimate of drug-likeness (QED) is 0.599. The predicted molar refractivity (Wildman–Crippen MR) is 120 cm³/mol. The molecule has 0 unspecified atom stereocenters. The van der Waals surface area contributed by atoms with Gasteiger partial charge in [-0.15, -0.1) is 0 Å². The van der Waals surface area contributed by atoms with Gasteiger partial charge in [0.2, 0.25) is 0 Å². The van der Waals surface area contributed by atoms with Crippen LogP contribution in [-0.2, 0) is 6.42 Å². The molecule has 2 heterocycles. The highest BCUT2D eigenvalue weighted by atomic mass is 16.2. The zero-order chi connectivity index (χ0) is 20.8. The van der Waals surface area contributed by atoms with Crippen LogP contribution in [0.3, 0.4) is 0 Å². The Hall–Kier alpha value is -2.92. The lowest BCUT2D eigenvalue weighted by Gasteiger charge is -2.37. The second kappa shape index (κ2) is 9.72. The standard InChI is InChI=1S/C25H30N4O/c1-27(25(30)22-12-5-13-23(19-22)29-18-8-15-26-29)24-14-7-17-28(20-24)16-6-11-21-9-3-2-4-10-21/h2-5,8-10,12-13,15,18-19,24H,6-7,11,14,16-17,20H2,1H3/t24-/m0/s1. The predicted octanol–water partition coefficient (Wildman–Crippen LogP) is 4.04. The van der Waals surface area contributed by atoms with E-state index in [1.165, 1.54) is 5.56 Å². The number of aromatic nitrogens is 2. The fourth-order valence-electron chi connectivity index (χ4n) is 4.27. The van der Waals surface area contributed by atoms with Crippen LogP contribution in [0.1, 0.15) is 35.2 Å². The van der Waals surface area contributed by atoms with Crippen molar-refractivity contribution in [3.63, 3.8) is 0 Å². The lowest BCUT2D eigenvalue weighted by molar-refractivity contribution is 0.0617. The molecule has 0 spiro atoms. The first kappa shape index (κ1) is 20.4. The van der Waals surface area contributed by atoms with Gasteiger partial charge in [0.1, 0.15) is 0 Å². The van der Waals surface area contributed by atoms with Crippen molar-refractivity contribution in [2.45, 2.75) is 31.7 Å². The van der Waals surface area contributed by atoms with Crippen LogP contribution in [0.15, 0.2) is 73.1 Å². The van der Waals surface area contributed by atoms with Crippen molar-refractivity contribution < 1.29 is 4.79 Å². The Morgan fingerprint density at radius 1 is 1.13 bits per heavy atom. The second-order valence-corrected chi connectivity index (χ2v) is 8.10. The lowest BCUT2D eigenvalue weighted by atomic mass is 10.0. The van der Waals surface area contributed by atoms with Gasteiger partial charge in [0.15, 0.2) is 0 Å². The van der Waals surface area contributed by atoms with Crippen molar-refractivity contribution in [1.29, 1.82) is 0 Å². The number of carbonyl (C=O) groups excluding carboxylic acids is 1. The molecule has 1 amide bonds. The zero-order valence-electron chi connectivity index (χ0n) is 17.7. The third kappa shape index (κ3) is 4.97. The normalized spacial score (nSPS) is 17.0. The molecule has 0 radical (unpaired) electrons. The molecule has 1 atom stereocenters. The summed E-state index contributed by atoms with van der Waals surface area (Å²) in [5, 5.41) is 4.27. The minimum atomic E-state index is 0.0835. The van der Waals surface area contributed by atoms with E-state index < -0.39 is 0 Å². The fourth-order valence-corrected chi connectivity index (χ4v) is 4.27. The number of nitrogens with zero attached hydrogens (tertiary/aromatic N) is 4. The molecule has 0 bridgehead atoms. The highest BCUT2D eigenvalue weighted by molar-refractivity contribution is 5.94. The van der Waals surface area contributed by atoms with Gasteiger partial charge in [-0.05, 0) is 68.6 Å². The number of carbonyl (C=O) groups is 1. The van der Waals surface area contributed by atoms with Crippen molar-refractivity contribution in [3.8, 4) is 5.69 Å². The van der Waals surface area contributed by atoms with Gasteiger partial charge in [0.25, 0.3) is 5.91 Å². The summed E-state index contributed by atoms with van der Waals surface area (Å²) < 4.78 is 1.78. The van der Waals surface area contributed by atoms with Crippen LogP contribution in [0, 0.1) is 0 Å². The molecular weight excluding hydrogens is 372 g/mol. The van der Waals surface area contributed by atoms with Crippen molar-refractivity contribution >= 4 is 5.91 Å². The number of aryl methyl sites for hydroxylation is 1. The Morgan fingerprint density at radius 3 is 2.80 bits per heavy atom. The van der Waals surface area contributed by atoms with Gasteiger partial charge in [0.05, 0.1) is 5.69 Å². The van der Waals surface area contributed by atoms with E-state index in [0.717, 1.165) is 51.0 Å². The Balaban J connectivity index is 1.34. The Kier molecular flexibility index (Phi) is 6.60. The first-order chi connectivity index (χ1) is 14.7. The summed E-state index contributed by atoms with van der Waals surface area (Å²) in [5.74, 6) is 0.0835. The third-order valence-electron chi connectivity index (χ3n) is 5.99. The number of likely N-dealkylation sites (tertiary alicyclic amines) is 1. The van der Waals surface area contributed by atoms with Gasteiger partial charge in [-0.1, -0.05) is 36.4 Å². The number of hydrogen-bond acceptors (Lipinski definition) is 3. The highest BCUT2D eigenvalue weighted by Gasteiger charge is 2.26. The average Bonchev–Trinajstić information content (AvgIpc) is 3.34. The van der Waals surface area contributed by atoms with Crippen LogP contribution in [-0.4, -0.2) is 58.2 Å². The molecule has 30 heavy (non-hydrogen) atoms. The lowest BCUT2D eigenvalue weighted by Crippen LogP contribution is -2.48. The van der Waals surface area contributed by atoms with E-state index >= 15 is 0 Å². The summed E-state index contributed by atoms with van der Waals surface area (Å²) in [7, 11) is 1.95. The van der Waals surface area contributed by atoms with Crippen LogP contribution >= 0.6 is 0 Å². The molecule has 1 saturated heterocycles. The molecule has 1 aliphatic rings. The van der Waals surface area contributed by atoms with Crippen molar-refractivity contribution in [2.24, 2.45) is 0 Å². The molecule has 1 aromatic heterocycles. The van der Waals surface area contributed by atoms with Crippen LogP contribution in [0.2, 0.25) is 0 Å². The Labute approximate surface area is 178 Å². The molecule has 5 heteroatoms. The van der Waals surface area contributed by atoms with E-state index in [9.17, 15) is 4.79 Å². The van der Waals surface area contributed by atoms with Crippen molar-refractivity contribution in [1.82, 2.24) is 19.6 Å². The van der Waals surface area contributed by atoms with Crippen LogP contribution in [0.4, 0.5) is 0 Å². The zero-order valence-corrected chi connectivity index (χ0v) is 17.7. The highest BCUT2D eigenvalue weighted by Crippen LogP contribution is 2.19. The number of hydrogen-bond donors (Lipinski definition) is 0. The molecule has 2 aromatic carbocycles. The number of rotatable bonds is 7. The maximum Gasteiger partial charge on any atom is 0.253 e. The molecule has 0 aliphatic carbocycles. The first-order valence-electron chi connectivity index (χ1n) is 10.8. The summed E-state index contributed by atoms with van der Waals surface area (Å²) >= 11 is 0. The van der Waals surface area contributed by atoms with Crippen LogP contribution in [0.25, 0.3) is 5.69 Å². The summed E-state index contributed by atoms with van der Waals surface area (Å²) in [6.45, 7) is 3.17. The molecule has 3 aromatic rings. The van der Waals surface area contributed by atoms with Gasteiger partial charge in [0, 0.05) is 37.6 Å². The minimum absolute atomic E-state index is 0.0835. The van der Waals surface area contributed by atoms with E-state index in [4.69, 9.17) is 0 Å². The Morgan fingerprint density at radius 2 is 2.00 bits per heavy atom. The molecule has 0 N–H and O–H groups in total. The molecule has 4 rings (SSSR count). The van der Waals surface area contributed by atoms with E-state index in [1.54, 1.807) is 10.9 Å². The number of amides is 1. The van der Waals surface area contributed by atoms with Crippen molar-refractivity contribution in [2.75, 3.05) is 26.7 Å². The smallest absolute Gasteiger partial charge is 0.253 e. The molecular formula is C25H30N4O.